The first-order valence-electron chi connectivity index (χ1n) is 6.56. The van der Waals surface area contributed by atoms with Crippen molar-refractivity contribution in [1.29, 1.82) is 0 Å². The van der Waals surface area contributed by atoms with E-state index in [1.165, 1.54) is 0 Å². The molecule has 2 aromatic rings. The van der Waals surface area contributed by atoms with Gasteiger partial charge in [-0.05, 0) is 71.0 Å². The lowest BCUT2D eigenvalue weighted by molar-refractivity contribution is -0.118. The summed E-state index contributed by atoms with van der Waals surface area (Å²) in [6, 6.07) is 13.3. The molecule has 0 spiro atoms. The van der Waals surface area contributed by atoms with Crippen molar-refractivity contribution in [2.45, 2.75) is 13.5 Å². The van der Waals surface area contributed by atoms with Crippen molar-refractivity contribution in [3.8, 4) is 5.75 Å². The van der Waals surface area contributed by atoms with Crippen LogP contribution < -0.4 is 15.8 Å². The molecule has 110 valence electrons. The molecule has 0 radical (unpaired) electrons. The molecule has 4 nitrogen and oxygen atoms in total. The summed E-state index contributed by atoms with van der Waals surface area (Å²) in [4.78, 5) is 11.9. The summed E-state index contributed by atoms with van der Waals surface area (Å²) in [5, 5.41) is 2.84. The highest BCUT2D eigenvalue weighted by atomic mass is 127. The summed E-state index contributed by atoms with van der Waals surface area (Å²) in [5.74, 6) is 0.463. The smallest absolute Gasteiger partial charge is 0.262 e. The first-order valence-corrected chi connectivity index (χ1v) is 7.64. The zero-order valence-corrected chi connectivity index (χ0v) is 13.9. The summed E-state index contributed by atoms with van der Waals surface area (Å²) in [6.07, 6.45) is 0. The summed E-state index contributed by atoms with van der Waals surface area (Å²) in [7, 11) is 0. The fraction of sp³-hybridized carbons (Fsp3) is 0.188. The highest BCUT2D eigenvalue weighted by molar-refractivity contribution is 14.1. The Labute approximate surface area is 137 Å². The maximum Gasteiger partial charge on any atom is 0.262 e. The molecule has 3 N–H and O–H groups in total. The largest absolute Gasteiger partial charge is 0.484 e. The van der Waals surface area contributed by atoms with Gasteiger partial charge in [0.15, 0.2) is 6.61 Å². The maximum absolute atomic E-state index is 11.9. The minimum Gasteiger partial charge on any atom is -0.484 e. The van der Waals surface area contributed by atoms with Crippen LogP contribution in [-0.4, -0.2) is 12.5 Å². The molecular weight excluding hydrogens is 379 g/mol. The van der Waals surface area contributed by atoms with Gasteiger partial charge in [0.25, 0.3) is 5.91 Å². The van der Waals surface area contributed by atoms with E-state index in [4.69, 9.17) is 10.5 Å². The molecule has 2 aromatic carbocycles. The predicted octanol–water partition coefficient (Wildman–Crippen LogP) is 3.08. The number of ether oxygens (including phenoxy) is 1. The van der Waals surface area contributed by atoms with Crippen molar-refractivity contribution in [2.75, 3.05) is 11.9 Å². The Morgan fingerprint density at radius 1 is 1.29 bits per heavy atom. The van der Waals surface area contributed by atoms with Gasteiger partial charge in [-0.1, -0.05) is 12.1 Å². The number of nitrogens with two attached hydrogens (primary N) is 1. The predicted molar refractivity (Wildman–Crippen MR) is 92.4 cm³/mol. The van der Waals surface area contributed by atoms with Gasteiger partial charge in [-0.2, -0.15) is 0 Å². The van der Waals surface area contributed by atoms with Crippen LogP contribution in [0.15, 0.2) is 42.5 Å². The molecular formula is C16H17IN2O2. The number of hydrogen-bond donors (Lipinski definition) is 2. The Hall–Kier alpha value is -1.60. The SMILES string of the molecule is Cc1cc(I)ccc1NC(=O)COc1cccc(CN)c1. The number of carbonyl (C=O) groups excluding carboxylic acids is 1. The molecule has 0 aromatic heterocycles. The van der Waals surface area contributed by atoms with Crippen molar-refractivity contribution in [2.24, 2.45) is 5.73 Å². The topological polar surface area (TPSA) is 64.3 Å². The number of amides is 1. The second-order valence-electron chi connectivity index (χ2n) is 4.65. The Morgan fingerprint density at radius 3 is 2.81 bits per heavy atom. The van der Waals surface area contributed by atoms with Crippen molar-refractivity contribution in [1.82, 2.24) is 0 Å². The highest BCUT2D eigenvalue weighted by Crippen LogP contribution is 2.18. The van der Waals surface area contributed by atoms with Gasteiger partial charge < -0.3 is 15.8 Å². The van der Waals surface area contributed by atoms with E-state index in [9.17, 15) is 4.79 Å². The van der Waals surface area contributed by atoms with Gasteiger partial charge >= 0.3 is 0 Å². The van der Waals surface area contributed by atoms with Gasteiger partial charge in [0, 0.05) is 15.8 Å². The standard InChI is InChI=1S/C16H17IN2O2/c1-11-7-13(17)5-6-15(11)19-16(20)10-21-14-4-2-3-12(8-14)9-18/h2-8H,9-10,18H2,1H3,(H,19,20). The summed E-state index contributed by atoms with van der Waals surface area (Å²) in [6.45, 7) is 2.38. The molecule has 0 aliphatic rings. The number of benzene rings is 2. The molecule has 0 saturated carbocycles. The Bertz CT molecular complexity index is 644. The van der Waals surface area contributed by atoms with Gasteiger partial charge in [-0.25, -0.2) is 0 Å². The van der Waals surface area contributed by atoms with E-state index in [1.807, 2.05) is 49.4 Å². The number of rotatable bonds is 5. The number of nitrogens with one attached hydrogen (secondary N) is 1. The third kappa shape index (κ3) is 4.71. The van der Waals surface area contributed by atoms with Crippen LogP contribution in [0.5, 0.6) is 5.75 Å². The van der Waals surface area contributed by atoms with Gasteiger partial charge in [-0.15, -0.1) is 0 Å². The molecule has 0 unspecified atom stereocenters. The minimum absolute atomic E-state index is 0.0283. The van der Waals surface area contributed by atoms with Crippen molar-refractivity contribution >= 4 is 34.2 Å². The van der Waals surface area contributed by atoms with Crippen LogP contribution in [-0.2, 0) is 11.3 Å². The van der Waals surface area contributed by atoms with Crippen molar-refractivity contribution in [3.05, 3.63) is 57.2 Å². The molecule has 0 atom stereocenters. The lowest BCUT2D eigenvalue weighted by atomic mass is 10.2. The molecule has 21 heavy (non-hydrogen) atoms. The molecule has 0 aliphatic carbocycles. The molecule has 0 aliphatic heterocycles. The summed E-state index contributed by atoms with van der Waals surface area (Å²) >= 11 is 2.24. The second-order valence-corrected chi connectivity index (χ2v) is 5.89. The number of halogens is 1. The fourth-order valence-corrected chi connectivity index (χ4v) is 2.51. The third-order valence-corrected chi connectivity index (χ3v) is 3.64. The van der Waals surface area contributed by atoms with Crippen LogP contribution in [0.2, 0.25) is 0 Å². The normalized spacial score (nSPS) is 10.2. The molecule has 0 heterocycles. The van der Waals surface area contributed by atoms with Crippen LogP contribution in [0.1, 0.15) is 11.1 Å². The minimum atomic E-state index is -0.183. The Morgan fingerprint density at radius 2 is 2.10 bits per heavy atom. The van der Waals surface area contributed by atoms with E-state index in [-0.39, 0.29) is 12.5 Å². The monoisotopic (exact) mass is 396 g/mol. The van der Waals surface area contributed by atoms with Gasteiger partial charge in [0.2, 0.25) is 0 Å². The van der Waals surface area contributed by atoms with Crippen LogP contribution in [0.3, 0.4) is 0 Å². The Kier molecular flexibility index (Phi) is 5.58. The molecule has 2 rings (SSSR count). The van der Waals surface area contributed by atoms with E-state index < -0.39 is 0 Å². The molecule has 5 heteroatoms. The number of aryl methyl sites for hydroxylation is 1. The maximum atomic E-state index is 11.9. The summed E-state index contributed by atoms with van der Waals surface area (Å²) < 4.78 is 6.61. The fourth-order valence-electron chi connectivity index (χ4n) is 1.86. The highest BCUT2D eigenvalue weighted by Gasteiger charge is 2.06. The van der Waals surface area contributed by atoms with E-state index in [0.29, 0.717) is 12.3 Å². The van der Waals surface area contributed by atoms with Crippen LogP contribution in [0.25, 0.3) is 0 Å². The van der Waals surface area contributed by atoms with Crippen molar-refractivity contribution in [3.63, 3.8) is 0 Å². The van der Waals surface area contributed by atoms with Gasteiger partial charge in [-0.3, -0.25) is 4.79 Å². The first-order chi connectivity index (χ1) is 10.1. The van der Waals surface area contributed by atoms with E-state index >= 15 is 0 Å². The lowest BCUT2D eigenvalue weighted by Gasteiger charge is -2.10. The Balaban J connectivity index is 1.92. The zero-order valence-electron chi connectivity index (χ0n) is 11.7. The molecule has 0 fully saturated rings. The van der Waals surface area contributed by atoms with Gasteiger partial charge in [0.1, 0.15) is 5.75 Å². The van der Waals surface area contributed by atoms with Crippen LogP contribution in [0.4, 0.5) is 5.69 Å². The lowest BCUT2D eigenvalue weighted by Crippen LogP contribution is -2.20. The van der Waals surface area contributed by atoms with E-state index in [0.717, 1.165) is 20.4 Å². The second kappa shape index (κ2) is 7.42. The average molecular weight is 396 g/mol. The van der Waals surface area contributed by atoms with E-state index in [1.54, 1.807) is 0 Å². The van der Waals surface area contributed by atoms with Crippen molar-refractivity contribution < 1.29 is 9.53 Å². The number of hydrogen-bond acceptors (Lipinski definition) is 3. The van der Waals surface area contributed by atoms with Crippen LogP contribution >= 0.6 is 22.6 Å². The first kappa shape index (κ1) is 15.8. The zero-order chi connectivity index (χ0) is 15.2. The molecule has 0 bridgehead atoms. The quantitative estimate of drug-likeness (QED) is 0.764. The third-order valence-electron chi connectivity index (χ3n) is 2.97. The average Bonchev–Trinajstić information content (AvgIpc) is 2.48. The number of carbonyl (C=O) groups is 1. The van der Waals surface area contributed by atoms with E-state index in [2.05, 4.69) is 27.9 Å². The van der Waals surface area contributed by atoms with Crippen LogP contribution in [0, 0.1) is 10.5 Å². The summed E-state index contributed by atoms with van der Waals surface area (Å²) in [5.41, 5.74) is 8.38. The number of anilines is 1. The molecule has 1 amide bonds. The van der Waals surface area contributed by atoms with Gasteiger partial charge in [0.05, 0.1) is 0 Å². The molecule has 0 saturated heterocycles.